The van der Waals surface area contributed by atoms with Crippen LogP contribution < -0.4 is 14.4 Å². The van der Waals surface area contributed by atoms with Gasteiger partial charge in [-0.15, -0.1) is 0 Å². The molecule has 1 amide bonds. The van der Waals surface area contributed by atoms with Crippen LogP contribution in [0.25, 0.3) is 0 Å². The molecule has 2 aliphatic rings. The van der Waals surface area contributed by atoms with Crippen LogP contribution in [-0.2, 0) is 17.4 Å². The number of unbranched alkanes of at least 4 members (excludes halogenated alkanes) is 1. The van der Waals surface area contributed by atoms with Crippen LogP contribution in [0.3, 0.4) is 0 Å². The van der Waals surface area contributed by atoms with Gasteiger partial charge in [-0.1, -0.05) is 50.8 Å². The zero-order valence-corrected chi connectivity index (χ0v) is 26.6. The molecule has 0 radical (unpaired) electrons. The van der Waals surface area contributed by atoms with Gasteiger partial charge >= 0.3 is 0 Å². The van der Waals surface area contributed by atoms with Crippen molar-refractivity contribution in [3.05, 3.63) is 58.1 Å². The fourth-order valence-electron chi connectivity index (χ4n) is 6.36. The molecule has 8 heteroatoms. The zero-order chi connectivity index (χ0) is 29.5. The van der Waals surface area contributed by atoms with Crippen LogP contribution in [-0.4, -0.2) is 46.8 Å². The first kappa shape index (κ1) is 31.8. The molecule has 1 aliphatic heterocycles. The van der Waals surface area contributed by atoms with Crippen LogP contribution in [0.1, 0.15) is 93.6 Å². The highest BCUT2D eigenvalue weighted by Gasteiger charge is 2.38. The number of fused-ring (bicyclic) bond motifs is 1. The maximum atomic E-state index is 13.0. The highest BCUT2D eigenvalue weighted by molar-refractivity contribution is 7.84. The zero-order valence-electron chi connectivity index (χ0n) is 25.0. The predicted octanol–water partition coefficient (Wildman–Crippen LogP) is 6.90. The quantitative estimate of drug-likeness (QED) is 0.261. The van der Waals surface area contributed by atoms with E-state index in [1.165, 1.54) is 11.1 Å². The smallest absolute Gasteiger partial charge is 0.263 e. The van der Waals surface area contributed by atoms with Gasteiger partial charge in [0.25, 0.3) is 5.91 Å². The first-order valence-electron chi connectivity index (χ1n) is 15.4. The summed E-state index contributed by atoms with van der Waals surface area (Å²) in [4.78, 5) is 15.4. The van der Waals surface area contributed by atoms with Crippen LogP contribution in [0.4, 0.5) is 5.69 Å². The van der Waals surface area contributed by atoms with E-state index in [0.29, 0.717) is 29.9 Å². The van der Waals surface area contributed by atoms with E-state index in [1.807, 2.05) is 32.0 Å². The number of carbonyl (C=O) groups is 1. The maximum absolute atomic E-state index is 13.0. The van der Waals surface area contributed by atoms with Gasteiger partial charge in [0.15, 0.2) is 0 Å². The van der Waals surface area contributed by atoms with Crippen molar-refractivity contribution in [3.63, 3.8) is 0 Å². The van der Waals surface area contributed by atoms with Gasteiger partial charge in [-0.2, -0.15) is 0 Å². The van der Waals surface area contributed by atoms with Crippen LogP contribution in [0, 0.1) is 17.8 Å². The van der Waals surface area contributed by atoms with E-state index >= 15 is 0 Å². The first-order chi connectivity index (χ1) is 19.7. The summed E-state index contributed by atoms with van der Waals surface area (Å²) in [7, 11) is -1.45. The maximum Gasteiger partial charge on any atom is 0.263 e. The first-order valence-corrected chi connectivity index (χ1v) is 17.0. The largest absolute Gasteiger partial charge is 0.491 e. The monoisotopic (exact) mass is 602 g/mol. The average Bonchev–Trinajstić information content (AvgIpc) is 3.12. The Labute approximate surface area is 253 Å². The molecule has 0 bridgehead atoms. The standard InChI is InChI=1S/C33H47ClN2O4S/c1-5-7-9-26(20-37)30-13-10-25(30)18-36-19-27(29-14-12-28(34)16-23(29)8-6-2)21-40-32-15-11-24(17-31(32)36)33(38)35-41(39)22(3)4/h11-12,14-17,22,25-27,30,37H,5-10,13,18-21H2,1-4H3,(H,35,38). The molecule has 5 unspecified atom stereocenters. The number of anilines is 1. The lowest BCUT2D eigenvalue weighted by atomic mass is 9.65. The molecule has 0 saturated heterocycles. The number of aryl methyl sites for hydroxylation is 1. The molecule has 226 valence electrons. The van der Waals surface area contributed by atoms with E-state index in [9.17, 15) is 14.1 Å². The third-order valence-corrected chi connectivity index (χ3v) is 10.3. The molecule has 6 nitrogen and oxygen atoms in total. The Morgan fingerprint density at radius 2 is 1.98 bits per heavy atom. The number of halogens is 1. The molecular weight excluding hydrogens is 556 g/mol. The molecule has 4 rings (SSSR count). The van der Waals surface area contributed by atoms with Crippen LogP contribution in [0.5, 0.6) is 5.75 Å². The van der Waals surface area contributed by atoms with E-state index in [-0.39, 0.29) is 23.7 Å². The number of amides is 1. The second-order valence-electron chi connectivity index (χ2n) is 12.1. The second-order valence-corrected chi connectivity index (χ2v) is 14.2. The topological polar surface area (TPSA) is 78.9 Å². The van der Waals surface area contributed by atoms with E-state index in [2.05, 4.69) is 35.6 Å². The lowest BCUT2D eigenvalue weighted by Gasteiger charge is -2.44. The average molecular weight is 603 g/mol. The van der Waals surface area contributed by atoms with Crippen molar-refractivity contribution >= 4 is 34.2 Å². The molecular formula is C33H47ClN2O4S. The number of hydrogen-bond donors (Lipinski definition) is 2. The molecule has 0 spiro atoms. The summed E-state index contributed by atoms with van der Waals surface area (Å²) in [6.45, 7) is 10.4. The Morgan fingerprint density at radius 3 is 2.63 bits per heavy atom. The second kappa shape index (κ2) is 14.9. The molecule has 5 atom stereocenters. The van der Waals surface area contributed by atoms with Gasteiger partial charge in [0, 0.05) is 41.5 Å². The number of benzene rings is 2. The summed E-state index contributed by atoms with van der Waals surface area (Å²) < 4.78 is 21.4. The van der Waals surface area contributed by atoms with Crippen molar-refractivity contribution in [2.24, 2.45) is 17.8 Å². The Morgan fingerprint density at radius 1 is 1.17 bits per heavy atom. The van der Waals surface area contributed by atoms with Crippen molar-refractivity contribution in [2.45, 2.75) is 83.8 Å². The van der Waals surface area contributed by atoms with Crippen LogP contribution >= 0.6 is 11.6 Å². The van der Waals surface area contributed by atoms with E-state index in [4.69, 9.17) is 16.3 Å². The third kappa shape index (κ3) is 7.85. The molecule has 2 aromatic carbocycles. The van der Waals surface area contributed by atoms with E-state index < -0.39 is 11.0 Å². The lowest BCUT2D eigenvalue weighted by molar-refractivity contribution is 0.0584. The molecule has 2 aromatic rings. The Balaban J connectivity index is 1.66. The van der Waals surface area contributed by atoms with Gasteiger partial charge in [0.1, 0.15) is 16.7 Å². The summed E-state index contributed by atoms with van der Waals surface area (Å²) in [6, 6.07) is 11.7. The van der Waals surface area contributed by atoms with Crippen LogP contribution in [0.15, 0.2) is 36.4 Å². The minimum absolute atomic E-state index is 0.138. The SMILES string of the molecule is CCCCC(CO)C1CCC1CN1CC(c2ccc(Cl)cc2CCC)COc2ccc(C(=O)NS(=O)C(C)C)cc21. The Hall–Kier alpha value is -2.09. The van der Waals surface area contributed by atoms with Gasteiger partial charge in [0.05, 0.1) is 12.3 Å². The van der Waals surface area contributed by atoms with Gasteiger partial charge in [-0.25, -0.2) is 4.21 Å². The molecule has 1 fully saturated rings. The number of aliphatic hydroxyl groups excluding tert-OH is 1. The molecule has 41 heavy (non-hydrogen) atoms. The van der Waals surface area contributed by atoms with Gasteiger partial charge in [0.2, 0.25) is 0 Å². The van der Waals surface area contributed by atoms with E-state index in [1.54, 1.807) is 6.07 Å². The predicted molar refractivity (Wildman–Crippen MR) is 169 cm³/mol. The number of nitrogens with one attached hydrogen (secondary N) is 1. The molecule has 0 aromatic heterocycles. The molecule has 1 aliphatic carbocycles. The minimum atomic E-state index is -1.45. The summed E-state index contributed by atoms with van der Waals surface area (Å²) in [5, 5.41) is 10.8. The Bertz CT molecular complexity index is 1210. The van der Waals surface area contributed by atoms with Gasteiger partial charge < -0.3 is 14.7 Å². The van der Waals surface area contributed by atoms with Crippen molar-refractivity contribution in [3.8, 4) is 5.75 Å². The van der Waals surface area contributed by atoms with Crippen LogP contribution in [0.2, 0.25) is 5.02 Å². The third-order valence-electron chi connectivity index (χ3n) is 8.83. The van der Waals surface area contributed by atoms with Gasteiger partial charge in [-0.05, 0) is 98.7 Å². The number of nitrogens with zero attached hydrogens (tertiary/aromatic N) is 1. The number of aliphatic hydroxyl groups is 1. The fourth-order valence-corrected chi connectivity index (χ4v) is 7.09. The summed E-state index contributed by atoms with van der Waals surface area (Å²) in [6.07, 6.45) is 7.63. The van der Waals surface area contributed by atoms with Crippen molar-refractivity contribution in [1.82, 2.24) is 4.72 Å². The highest BCUT2D eigenvalue weighted by atomic mass is 35.5. The van der Waals surface area contributed by atoms with E-state index in [0.717, 1.165) is 74.5 Å². The number of carbonyl (C=O) groups excluding carboxylic acids is 1. The summed E-state index contributed by atoms with van der Waals surface area (Å²) >= 11 is 6.40. The fraction of sp³-hybridized carbons (Fsp3) is 0.606. The van der Waals surface area contributed by atoms with Gasteiger partial charge in [-0.3, -0.25) is 9.52 Å². The number of ether oxygens (including phenoxy) is 1. The summed E-state index contributed by atoms with van der Waals surface area (Å²) in [5.41, 5.74) is 3.91. The molecule has 2 N–H and O–H groups in total. The molecule has 1 heterocycles. The van der Waals surface area contributed by atoms with Crippen molar-refractivity contribution < 1.29 is 18.8 Å². The summed E-state index contributed by atoms with van der Waals surface area (Å²) in [5.74, 6) is 1.87. The minimum Gasteiger partial charge on any atom is -0.491 e. The molecule has 1 saturated carbocycles. The number of rotatable bonds is 13. The van der Waals surface area contributed by atoms with Crippen molar-refractivity contribution in [1.29, 1.82) is 0 Å². The number of hydrogen-bond acceptors (Lipinski definition) is 5. The normalized spacial score (nSPS) is 21.8. The lowest BCUT2D eigenvalue weighted by Crippen LogP contribution is -2.43. The van der Waals surface area contributed by atoms with Crippen molar-refractivity contribution in [2.75, 3.05) is 31.2 Å². The Kier molecular flexibility index (Phi) is 11.6. The highest BCUT2D eigenvalue weighted by Crippen LogP contribution is 2.44.